The lowest BCUT2D eigenvalue weighted by Gasteiger charge is -2.22. The molecular formula is C11H22FNO. The molecule has 2 unspecified atom stereocenters. The molecule has 0 saturated carbocycles. The van der Waals surface area contributed by atoms with Crippen LogP contribution in [-0.4, -0.2) is 30.1 Å². The van der Waals surface area contributed by atoms with Gasteiger partial charge in [0.05, 0.1) is 13.1 Å². The highest BCUT2D eigenvalue weighted by Gasteiger charge is 2.30. The van der Waals surface area contributed by atoms with E-state index in [1.54, 1.807) is 4.90 Å². The Balaban J connectivity index is 0.000000791. The van der Waals surface area contributed by atoms with E-state index in [9.17, 15) is 9.18 Å². The molecular weight excluding hydrogens is 181 g/mol. The second-order valence-corrected chi connectivity index (χ2v) is 3.53. The average molecular weight is 203 g/mol. The molecule has 1 rings (SSSR count). The normalized spacial score (nSPS) is 25.6. The van der Waals surface area contributed by atoms with E-state index in [0.717, 1.165) is 13.0 Å². The van der Waals surface area contributed by atoms with Gasteiger partial charge in [-0.3, -0.25) is 9.18 Å². The van der Waals surface area contributed by atoms with Gasteiger partial charge < -0.3 is 4.90 Å². The van der Waals surface area contributed by atoms with Crippen molar-refractivity contribution in [3.63, 3.8) is 0 Å². The second kappa shape index (κ2) is 6.80. The topological polar surface area (TPSA) is 20.3 Å². The summed E-state index contributed by atoms with van der Waals surface area (Å²) < 4.78 is 11.9. The van der Waals surface area contributed by atoms with Gasteiger partial charge in [-0.05, 0) is 19.3 Å². The number of likely N-dealkylation sites (tertiary alicyclic amines) is 1. The van der Waals surface area contributed by atoms with Crippen molar-refractivity contribution < 1.29 is 9.18 Å². The molecule has 0 aromatic heterocycles. The molecule has 0 spiro atoms. The average Bonchev–Trinajstić information content (AvgIpc) is 2.51. The van der Waals surface area contributed by atoms with E-state index in [1.807, 2.05) is 20.8 Å². The summed E-state index contributed by atoms with van der Waals surface area (Å²) in [4.78, 5) is 13.1. The number of nitrogens with zero attached hydrogens (tertiary/aromatic N) is 1. The molecule has 2 nitrogen and oxygen atoms in total. The highest BCUT2D eigenvalue weighted by atomic mass is 19.1. The van der Waals surface area contributed by atoms with Crippen molar-refractivity contribution in [2.45, 2.75) is 46.6 Å². The first-order valence-electron chi connectivity index (χ1n) is 5.52. The molecule has 14 heavy (non-hydrogen) atoms. The van der Waals surface area contributed by atoms with Gasteiger partial charge in [0, 0.05) is 12.6 Å². The lowest BCUT2D eigenvalue weighted by Crippen LogP contribution is -2.35. The molecule has 84 valence electrons. The molecule has 1 amide bonds. The number of alkyl halides is 1. The molecule has 1 aliphatic heterocycles. The van der Waals surface area contributed by atoms with Crippen LogP contribution in [0.5, 0.6) is 0 Å². The smallest absolute Gasteiger partial charge is 0.225 e. The zero-order chi connectivity index (χ0) is 11.1. The Hall–Kier alpha value is -0.600. The maximum absolute atomic E-state index is 11.9. The van der Waals surface area contributed by atoms with Crippen LogP contribution in [0.2, 0.25) is 0 Å². The van der Waals surface area contributed by atoms with Crippen molar-refractivity contribution in [2.75, 3.05) is 13.2 Å². The monoisotopic (exact) mass is 203 g/mol. The molecule has 1 heterocycles. The fourth-order valence-electron chi connectivity index (χ4n) is 1.67. The third-order valence-corrected chi connectivity index (χ3v) is 2.77. The Bertz CT molecular complexity index is 173. The number of hydrogen-bond donors (Lipinski definition) is 0. The summed E-state index contributed by atoms with van der Waals surface area (Å²) in [5, 5.41) is 0. The number of halogens is 1. The number of amides is 1. The molecule has 0 aliphatic carbocycles. The third kappa shape index (κ3) is 3.28. The second-order valence-electron chi connectivity index (χ2n) is 3.53. The van der Waals surface area contributed by atoms with E-state index >= 15 is 0 Å². The Morgan fingerprint density at radius 1 is 1.43 bits per heavy atom. The minimum absolute atomic E-state index is 0.0330. The van der Waals surface area contributed by atoms with Crippen molar-refractivity contribution in [3.8, 4) is 0 Å². The molecule has 0 N–H and O–H groups in total. The zero-order valence-corrected chi connectivity index (χ0v) is 9.72. The van der Waals surface area contributed by atoms with Crippen molar-refractivity contribution >= 4 is 5.91 Å². The fourth-order valence-corrected chi connectivity index (χ4v) is 1.67. The van der Waals surface area contributed by atoms with Crippen LogP contribution < -0.4 is 0 Å². The SMILES string of the molecule is CC.CC1CCN(C(=O)CCF)C1C. The van der Waals surface area contributed by atoms with E-state index in [1.165, 1.54) is 0 Å². The Labute approximate surface area is 86.5 Å². The standard InChI is InChI=1S/C9H16FNO.C2H6/c1-7-4-6-11(8(7)2)9(12)3-5-10;1-2/h7-8H,3-6H2,1-2H3;1-2H3. The summed E-state index contributed by atoms with van der Waals surface area (Å²) in [7, 11) is 0. The van der Waals surface area contributed by atoms with Gasteiger partial charge in [-0.15, -0.1) is 0 Å². The molecule has 0 aromatic carbocycles. The van der Waals surface area contributed by atoms with Gasteiger partial charge in [0.2, 0.25) is 5.91 Å². The first-order valence-corrected chi connectivity index (χ1v) is 5.52. The fraction of sp³-hybridized carbons (Fsp3) is 0.909. The number of rotatable bonds is 2. The van der Waals surface area contributed by atoms with Crippen LogP contribution in [0.15, 0.2) is 0 Å². The first kappa shape index (κ1) is 13.4. The predicted molar refractivity (Wildman–Crippen MR) is 56.9 cm³/mol. The van der Waals surface area contributed by atoms with Gasteiger partial charge in [-0.2, -0.15) is 0 Å². The summed E-state index contributed by atoms with van der Waals surface area (Å²) in [5.74, 6) is 0.530. The van der Waals surface area contributed by atoms with Crippen LogP contribution in [0.1, 0.15) is 40.5 Å². The summed E-state index contributed by atoms with van der Waals surface area (Å²) in [5.41, 5.74) is 0. The molecule has 1 fully saturated rings. The van der Waals surface area contributed by atoms with Crippen molar-refractivity contribution in [2.24, 2.45) is 5.92 Å². The highest BCUT2D eigenvalue weighted by Crippen LogP contribution is 2.23. The predicted octanol–water partition coefficient (Wildman–Crippen LogP) is 2.63. The van der Waals surface area contributed by atoms with Crippen LogP contribution in [-0.2, 0) is 4.79 Å². The summed E-state index contributed by atoms with van der Waals surface area (Å²) in [6.45, 7) is 8.44. The van der Waals surface area contributed by atoms with Crippen molar-refractivity contribution in [3.05, 3.63) is 0 Å². The van der Waals surface area contributed by atoms with E-state index in [-0.39, 0.29) is 12.3 Å². The van der Waals surface area contributed by atoms with Gasteiger partial charge in [-0.1, -0.05) is 20.8 Å². The Morgan fingerprint density at radius 3 is 2.36 bits per heavy atom. The lowest BCUT2D eigenvalue weighted by molar-refractivity contribution is -0.132. The molecule has 0 bridgehead atoms. The highest BCUT2D eigenvalue weighted by molar-refractivity contribution is 5.76. The van der Waals surface area contributed by atoms with E-state index in [2.05, 4.69) is 6.92 Å². The van der Waals surface area contributed by atoms with Crippen LogP contribution in [0.25, 0.3) is 0 Å². The summed E-state index contributed by atoms with van der Waals surface area (Å²) in [6.07, 6.45) is 1.11. The van der Waals surface area contributed by atoms with Gasteiger partial charge in [0.1, 0.15) is 0 Å². The first-order chi connectivity index (χ1) is 6.66. The molecule has 3 heteroatoms. The van der Waals surface area contributed by atoms with E-state index in [0.29, 0.717) is 12.0 Å². The largest absolute Gasteiger partial charge is 0.340 e. The Morgan fingerprint density at radius 2 is 2.00 bits per heavy atom. The van der Waals surface area contributed by atoms with Crippen molar-refractivity contribution in [1.29, 1.82) is 0 Å². The molecule has 2 atom stereocenters. The third-order valence-electron chi connectivity index (χ3n) is 2.77. The summed E-state index contributed by atoms with van der Waals surface area (Å²) in [6, 6.07) is 0.295. The van der Waals surface area contributed by atoms with Crippen LogP contribution in [0, 0.1) is 5.92 Å². The maximum atomic E-state index is 11.9. The molecule has 1 saturated heterocycles. The van der Waals surface area contributed by atoms with Crippen LogP contribution >= 0.6 is 0 Å². The maximum Gasteiger partial charge on any atom is 0.225 e. The Kier molecular flexibility index (Phi) is 6.50. The van der Waals surface area contributed by atoms with Crippen molar-refractivity contribution in [1.82, 2.24) is 4.90 Å². The van der Waals surface area contributed by atoms with Gasteiger partial charge in [0.25, 0.3) is 0 Å². The quantitative estimate of drug-likeness (QED) is 0.675. The number of carbonyl (C=O) groups is 1. The van der Waals surface area contributed by atoms with Crippen LogP contribution in [0.4, 0.5) is 4.39 Å². The van der Waals surface area contributed by atoms with Gasteiger partial charge in [-0.25, -0.2) is 0 Å². The van der Waals surface area contributed by atoms with E-state index < -0.39 is 6.67 Å². The molecule has 0 aromatic rings. The molecule has 0 radical (unpaired) electrons. The molecule has 1 aliphatic rings. The zero-order valence-electron chi connectivity index (χ0n) is 9.72. The van der Waals surface area contributed by atoms with E-state index in [4.69, 9.17) is 0 Å². The minimum atomic E-state index is -0.531. The van der Waals surface area contributed by atoms with Gasteiger partial charge in [0.15, 0.2) is 0 Å². The van der Waals surface area contributed by atoms with Gasteiger partial charge >= 0.3 is 0 Å². The van der Waals surface area contributed by atoms with Crippen LogP contribution in [0.3, 0.4) is 0 Å². The minimum Gasteiger partial charge on any atom is -0.340 e. The number of carbonyl (C=O) groups excluding carboxylic acids is 1. The number of hydrogen-bond acceptors (Lipinski definition) is 1. The lowest BCUT2D eigenvalue weighted by atomic mass is 10.1. The summed E-state index contributed by atoms with van der Waals surface area (Å²) >= 11 is 0.